The Balaban J connectivity index is 2.19. The zero-order valence-electron chi connectivity index (χ0n) is 17.2. The quantitative estimate of drug-likeness (QED) is 0.592. The van der Waals surface area contributed by atoms with Crippen LogP contribution in [-0.2, 0) is 10.0 Å². The summed E-state index contributed by atoms with van der Waals surface area (Å²) in [7, 11) is -3.63. The van der Waals surface area contributed by atoms with Crippen molar-refractivity contribution in [2.75, 3.05) is 11.9 Å². The van der Waals surface area contributed by atoms with Crippen LogP contribution in [0.3, 0.4) is 0 Å². The number of anilines is 1. The maximum atomic E-state index is 12.8. The Morgan fingerprint density at radius 2 is 1.72 bits per heavy atom. The second-order valence-electron chi connectivity index (χ2n) is 8.18. The number of rotatable bonds is 7. The molecule has 0 aromatic heterocycles. The first kappa shape index (κ1) is 23.4. The second kappa shape index (κ2) is 9.28. The van der Waals surface area contributed by atoms with Gasteiger partial charge in [0.05, 0.1) is 17.1 Å². The molecular formula is C21H27BrN2O4S. The van der Waals surface area contributed by atoms with Crippen molar-refractivity contribution in [3.63, 3.8) is 0 Å². The highest BCUT2D eigenvalue weighted by atomic mass is 79.9. The minimum atomic E-state index is -3.63. The molecule has 2 N–H and O–H groups in total. The van der Waals surface area contributed by atoms with E-state index in [1.54, 1.807) is 45.0 Å². The fraction of sp³-hybridized carbons (Fsp3) is 0.381. The first-order valence-electron chi connectivity index (χ1n) is 9.25. The van der Waals surface area contributed by atoms with Crippen molar-refractivity contribution in [2.45, 2.75) is 45.1 Å². The lowest BCUT2D eigenvalue weighted by molar-refractivity contribution is 0.102. The Morgan fingerprint density at radius 3 is 2.28 bits per heavy atom. The molecule has 158 valence electrons. The Labute approximate surface area is 181 Å². The summed E-state index contributed by atoms with van der Waals surface area (Å²) in [5.41, 5.74) is 0.296. The van der Waals surface area contributed by atoms with Gasteiger partial charge in [-0.25, -0.2) is 13.1 Å². The van der Waals surface area contributed by atoms with Crippen LogP contribution < -0.4 is 14.8 Å². The zero-order chi connectivity index (χ0) is 21.8. The fourth-order valence-corrected chi connectivity index (χ4v) is 4.22. The molecule has 0 radical (unpaired) electrons. The van der Waals surface area contributed by atoms with E-state index in [0.29, 0.717) is 29.5 Å². The molecule has 0 aliphatic carbocycles. The van der Waals surface area contributed by atoms with Crippen molar-refractivity contribution in [3.8, 4) is 5.75 Å². The van der Waals surface area contributed by atoms with Gasteiger partial charge in [-0.3, -0.25) is 4.79 Å². The summed E-state index contributed by atoms with van der Waals surface area (Å²) in [6, 6.07) is 11.3. The van der Waals surface area contributed by atoms with Gasteiger partial charge in [-0.15, -0.1) is 0 Å². The SMILES string of the molecule is CC(C)COc1ccc(Br)cc1C(=O)Nc1ccc(S(=O)(=O)NC(C)(C)C)cc1. The van der Waals surface area contributed by atoms with E-state index in [1.807, 2.05) is 19.9 Å². The summed E-state index contributed by atoms with van der Waals surface area (Å²) < 4.78 is 33.9. The van der Waals surface area contributed by atoms with Gasteiger partial charge in [-0.05, 0) is 69.2 Å². The average Bonchev–Trinajstić information content (AvgIpc) is 2.59. The van der Waals surface area contributed by atoms with Gasteiger partial charge >= 0.3 is 0 Å². The first-order chi connectivity index (χ1) is 13.4. The molecule has 0 heterocycles. The highest BCUT2D eigenvalue weighted by Gasteiger charge is 2.22. The fourth-order valence-electron chi connectivity index (χ4n) is 2.44. The van der Waals surface area contributed by atoms with Crippen molar-refractivity contribution in [1.82, 2.24) is 4.72 Å². The van der Waals surface area contributed by atoms with Gasteiger partial charge in [-0.1, -0.05) is 29.8 Å². The first-order valence-corrected chi connectivity index (χ1v) is 11.5. The monoisotopic (exact) mass is 482 g/mol. The highest BCUT2D eigenvalue weighted by Crippen LogP contribution is 2.25. The summed E-state index contributed by atoms with van der Waals surface area (Å²) in [5, 5.41) is 2.79. The summed E-state index contributed by atoms with van der Waals surface area (Å²) in [6.45, 7) is 9.88. The Bertz CT molecular complexity index is 965. The Morgan fingerprint density at radius 1 is 1.10 bits per heavy atom. The van der Waals surface area contributed by atoms with Gasteiger partial charge in [0, 0.05) is 15.7 Å². The lowest BCUT2D eigenvalue weighted by Crippen LogP contribution is -2.40. The van der Waals surface area contributed by atoms with E-state index in [0.717, 1.165) is 4.47 Å². The van der Waals surface area contributed by atoms with Gasteiger partial charge in [0.1, 0.15) is 5.75 Å². The molecular weight excluding hydrogens is 456 g/mol. The van der Waals surface area contributed by atoms with Crippen LogP contribution in [0, 0.1) is 5.92 Å². The third kappa shape index (κ3) is 7.13. The minimum absolute atomic E-state index is 0.133. The molecule has 0 saturated carbocycles. The molecule has 1 amide bonds. The molecule has 29 heavy (non-hydrogen) atoms. The number of sulfonamides is 1. The molecule has 0 saturated heterocycles. The number of benzene rings is 2. The average molecular weight is 483 g/mol. The molecule has 0 aliphatic rings. The molecule has 8 heteroatoms. The Kier molecular flexibility index (Phi) is 7.48. The van der Waals surface area contributed by atoms with E-state index in [4.69, 9.17) is 4.74 Å². The molecule has 6 nitrogen and oxygen atoms in total. The van der Waals surface area contributed by atoms with E-state index in [9.17, 15) is 13.2 Å². The molecule has 2 aromatic rings. The molecule has 0 aliphatic heterocycles. The van der Waals surface area contributed by atoms with Crippen LogP contribution in [0.1, 0.15) is 45.0 Å². The predicted octanol–water partition coefficient (Wildman–Crippen LogP) is 4.81. The van der Waals surface area contributed by atoms with Crippen molar-refractivity contribution >= 4 is 37.5 Å². The van der Waals surface area contributed by atoms with Crippen LogP contribution in [0.4, 0.5) is 5.69 Å². The van der Waals surface area contributed by atoms with Gasteiger partial charge in [-0.2, -0.15) is 0 Å². The second-order valence-corrected chi connectivity index (χ2v) is 10.8. The molecule has 2 aromatic carbocycles. The van der Waals surface area contributed by atoms with Gasteiger partial charge in [0.25, 0.3) is 5.91 Å². The van der Waals surface area contributed by atoms with E-state index < -0.39 is 15.6 Å². The minimum Gasteiger partial charge on any atom is -0.492 e. The lowest BCUT2D eigenvalue weighted by Gasteiger charge is -2.20. The number of amides is 1. The number of ether oxygens (including phenoxy) is 1. The number of hydrogen-bond donors (Lipinski definition) is 2. The molecule has 0 spiro atoms. The topological polar surface area (TPSA) is 84.5 Å². The number of hydrogen-bond acceptors (Lipinski definition) is 4. The maximum absolute atomic E-state index is 12.8. The van der Waals surface area contributed by atoms with Crippen molar-refractivity contribution in [1.29, 1.82) is 0 Å². The van der Waals surface area contributed by atoms with Crippen molar-refractivity contribution in [2.24, 2.45) is 5.92 Å². The number of nitrogens with one attached hydrogen (secondary N) is 2. The van der Waals surface area contributed by atoms with Crippen LogP contribution in [0.25, 0.3) is 0 Å². The van der Waals surface area contributed by atoms with Gasteiger partial charge in [0.15, 0.2) is 0 Å². The molecule has 0 bridgehead atoms. The number of carbonyl (C=O) groups is 1. The van der Waals surface area contributed by atoms with Crippen molar-refractivity contribution < 1.29 is 17.9 Å². The van der Waals surface area contributed by atoms with Crippen LogP contribution in [-0.4, -0.2) is 26.5 Å². The lowest BCUT2D eigenvalue weighted by atomic mass is 10.1. The third-order valence-electron chi connectivity index (χ3n) is 3.62. The van der Waals surface area contributed by atoms with E-state index >= 15 is 0 Å². The summed E-state index contributed by atoms with van der Waals surface area (Å²) >= 11 is 3.38. The number of halogens is 1. The Hall–Kier alpha value is -1.90. The van der Waals surface area contributed by atoms with Gasteiger partial charge < -0.3 is 10.1 Å². The van der Waals surface area contributed by atoms with Crippen LogP contribution >= 0.6 is 15.9 Å². The van der Waals surface area contributed by atoms with E-state index in [-0.39, 0.29) is 10.8 Å². The normalized spacial score (nSPS) is 12.1. The number of carbonyl (C=O) groups excluding carboxylic acids is 1. The summed E-state index contributed by atoms with van der Waals surface area (Å²) in [5.74, 6) is 0.479. The van der Waals surface area contributed by atoms with E-state index in [1.165, 1.54) is 12.1 Å². The smallest absolute Gasteiger partial charge is 0.259 e. The van der Waals surface area contributed by atoms with Crippen LogP contribution in [0.15, 0.2) is 51.8 Å². The van der Waals surface area contributed by atoms with Gasteiger partial charge in [0.2, 0.25) is 10.0 Å². The van der Waals surface area contributed by atoms with Crippen LogP contribution in [0.2, 0.25) is 0 Å². The molecule has 2 rings (SSSR count). The molecule has 0 unspecified atom stereocenters. The highest BCUT2D eigenvalue weighted by molar-refractivity contribution is 9.10. The maximum Gasteiger partial charge on any atom is 0.259 e. The molecule has 0 fully saturated rings. The third-order valence-corrected chi connectivity index (χ3v) is 5.89. The summed E-state index contributed by atoms with van der Waals surface area (Å²) in [4.78, 5) is 12.9. The zero-order valence-corrected chi connectivity index (χ0v) is 19.6. The molecule has 0 atom stereocenters. The standard InChI is InChI=1S/C21H27BrN2O4S/c1-14(2)13-28-19-11-6-15(22)12-18(19)20(25)23-16-7-9-17(10-8-16)29(26,27)24-21(3,4)5/h6-12,14,24H,13H2,1-5H3,(H,23,25). The van der Waals surface area contributed by atoms with E-state index in [2.05, 4.69) is 26.0 Å². The predicted molar refractivity (Wildman–Crippen MR) is 119 cm³/mol. The largest absolute Gasteiger partial charge is 0.492 e. The van der Waals surface area contributed by atoms with Crippen molar-refractivity contribution in [3.05, 3.63) is 52.5 Å². The summed E-state index contributed by atoms with van der Waals surface area (Å²) in [6.07, 6.45) is 0. The van der Waals surface area contributed by atoms with Crippen LogP contribution in [0.5, 0.6) is 5.75 Å².